The van der Waals surface area contributed by atoms with Crippen LogP contribution >= 0.6 is 0 Å². The summed E-state index contributed by atoms with van der Waals surface area (Å²) in [5.41, 5.74) is 1.62. The topological polar surface area (TPSA) is 59.0 Å². The lowest BCUT2D eigenvalue weighted by atomic mass is 10.1. The molecule has 0 saturated carbocycles. The largest absolute Gasteiger partial charge is 0.389 e. The molecular weight excluding hydrogens is 270 g/mol. The first-order valence-electron chi connectivity index (χ1n) is 7.07. The average molecular weight is 295 g/mol. The van der Waals surface area contributed by atoms with Crippen molar-refractivity contribution in [3.8, 4) is 0 Å². The van der Waals surface area contributed by atoms with Gasteiger partial charge in [-0.15, -0.1) is 0 Å². The van der Waals surface area contributed by atoms with Crippen molar-refractivity contribution in [2.45, 2.75) is 32.7 Å². The van der Waals surface area contributed by atoms with Crippen molar-refractivity contribution in [2.24, 2.45) is 0 Å². The molecule has 1 atom stereocenters. The minimum atomic E-state index is -0.678. The number of benzene rings is 1. The van der Waals surface area contributed by atoms with Crippen LogP contribution < -0.4 is 0 Å². The van der Waals surface area contributed by atoms with Crippen molar-refractivity contribution in [1.29, 1.82) is 0 Å². The molecule has 5 nitrogen and oxygen atoms in total. The van der Waals surface area contributed by atoms with Gasteiger partial charge in [-0.1, -0.05) is 12.1 Å². The smallest absolute Gasteiger partial charge is 0.253 e. The SMILES string of the molecule is COCC(O)CN(C)C(=O)c1ccc(COC(C)C)cc1. The Balaban J connectivity index is 2.57. The van der Waals surface area contributed by atoms with Crippen molar-refractivity contribution < 1.29 is 19.4 Å². The maximum atomic E-state index is 12.2. The Kier molecular flexibility index (Phi) is 7.36. The summed E-state index contributed by atoms with van der Waals surface area (Å²) >= 11 is 0. The molecule has 0 spiro atoms. The van der Waals surface area contributed by atoms with Gasteiger partial charge in [0, 0.05) is 26.3 Å². The molecule has 1 aromatic rings. The van der Waals surface area contributed by atoms with Crippen LogP contribution in [0.2, 0.25) is 0 Å². The van der Waals surface area contributed by atoms with Gasteiger partial charge >= 0.3 is 0 Å². The molecule has 0 saturated heterocycles. The molecule has 0 aromatic heterocycles. The zero-order chi connectivity index (χ0) is 15.8. The lowest BCUT2D eigenvalue weighted by Gasteiger charge is -2.20. The second-order valence-electron chi connectivity index (χ2n) is 5.35. The van der Waals surface area contributed by atoms with E-state index in [1.54, 1.807) is 19.2 Å². The molecular formula is C16H25NO4. The van der Waals surface area contributed by atoms with E-state index in [2.05, 4.69) is 0 Å². The van der Waals surface area contributed by atoms with Gasteiger partial charge in [-0.2, -0.15) is 0 Å². The van der Waals surface area contributed by atoms with Crippen molar-refractivity contribution in [2.75, 3.05) is 27.3 Å². The molecule has 1 rings (SSSR count). The van der Waals surface area contributed by atoms with E-state index in [9.17, 15) is 9.90 Å². The molecule has 1 N–H and O–H groups in total. The summed E-state index contributed by atoms with van der Waals surface area (Å²) in [7, 11) is 3.18. The Labute approximate surface area is 126 Å². The maximum Gasteiger partial charge on any atom is 0.253 e. The first-order valence-corrected chi connectivity index (χ1v) is 7.07. The molecule has 21 heavy (non-hydrogen) atoms. The molecule has 1 amide bonds. The number of aliphatic hydroxyl groups is 1. The van der Waals surface area contributed by atoms with E-state index in [4.69, 9.17) is 9.47 Å². The lowest BCUT2D eigenvalue weighted by molar-refractivity contribution is 0.0380. The minimum absolute atomic E-state index is 0.124. The monoisotopic (exact) mass is 295 g/mol. The van der Waals surface area contributed by atoms with Crippen molar-refractivity contribution in [3.05, 3.63) is 35.4 Å². The predicted molar refractivity (Wildman–Crippen MR) is 81.2 cm³/mol. The Morgan fingerprint density at radius 2 is 1.90 bits per heavy atom. The minimum Gasteiger partial charge on any atom is -0.389 e. The lowest BCUT2D eigenvalue weighted by Crippen LogP contribution is -2.36. The Morgan fingerprint density at radius 3 is 2.43 bits per heavy atom. The van der Waals surface area contributed by atoms with Crippen LogP contribution in [0, 0.1) is 0 Å². The van der Waals surface area contributed by atoms with Crippen LogP contribution in [0.15, 0.2) is 24.3 Å². The van der Waals surface area contributed by atoms with Crippen molar-refractivity contribution in [1.82, 2.24) is 4.90 Å². The molecule has 1 unspecified atom stereocenters. The van der Waals surface area contributed by atoms with Crippen LogP contribution in [0.5, 0.6) is 0 Å². The van der Waals surface area contributed by atoms with Crippen LogP contribution in [0.1, 0.15) is 29.8 Å². The second-order valence-corrected chi connectivity index (χ2v) is 5.35. The van der Waals surface area contributed by atoms with Gasteiger partial charge in [0.25, 0.3) is 5.91 Å². The van der Waals surface area contributed by atoms with E-state index >= 15 is 0 Å². The number of amides is 1. The number of likely N-dealkylation sites (N-methyl/N-ethyl adjacent to an activating group) is 1. The molecule has 0 bridgehead atoms. The number of methoxy groups -OCH3 is 1. The summed E-state index contributed by atoms with van der Waals surface area (Å²) in [6.45, 7) is 4.96. The Bertz CT molecular complexity index is 430. The highest BCUT2D eigenvalue weighted by atomic mass is 16.5. The maximum absolute atomic E-state index is 12.2. The highest BCUT2D eigenvalue weighted by Crippen LogP contribution is 2.09. The third kappa shape index (κ3) is 6.25. The van der Waals surface area contributed by atoms with Gasteiger partial charge in [-0.25, -0.2) is 0 Å². The summed E-state index contributed by atoms with van der Waals surface area (Å²) < 4.78 is 10.4. The number of ether oxygens (including phenoxy) is 2. The molecule has 0 aliphatic rings. The van der Waals surface area contributed by atoms with Crippen LogP contribution in [-0.2, 0) is 16.1 Å². The number of hydrogen-bond donors (Lipinski definition) is 1. The predicted octanol–water partition coefficient (Wildman–Crippen LogP) is 1.69. The van der Waals surface area contributed by atoms with Gasteiger partial charge in [-0.05, 0) is 31.5 Å². The summed E-state index contributed by atoms with van der Waals surface area (Å²) in [6.07, 6.45) is -0.498. The molecule has 0 heterocycles. The molecule has 0 fully saturated rings. The summed E-state index contributed by atoms with van der Waals surface area (Å²) in [5.74, 6) is -0.124. The number of nitrogens with zero attached hydrogens (tertiary/aromatic N) is 1. The molecule has 5 heteroatoms. The van der Waals surface area contributed by atoms with Gasteiger partial charge in [0.2, 0.25) is 0 Å². The van der Waals surface area contributed by atoms with Gasteiger partial charge < -0.3 is 19.5 Å². The van der Waals surface area contributed by atoms with Crippen LogP contribution in [0.25, 0.3) is 0 Å². The quantitative estimate of drug-likeness (QED) is 0.793. The van der Waals surface area contributed by atoms with Gasteiger partial charge in [0.05, 0.1) is 25.4 Å². The fourth-order valence-electron chi connectivity index (χ4n) is 1.87. The molecule has 1 aromatic carbocycles. The van der Waals surface area contributed by atoms with E-state index in [0.717, 1.165) is 5.56 Å². The van der Waals surface area contributed by atoms with Gasteiger partial charge in [-0.3, -0.25) is 4.79 Å². The fraction of sp³-hybridized carbons (Fsp3) is 0.562. The van der Waals surface area contributed by atoms with Crippen LogP contribution in [0.4, 0.5) is 0 Å². The third-order valence-electron chi connectivity index (χ3n) is 2.97. The van der Waals surface area contributed by atoms with E-state index in [0.29, 0.717) is 12.2 Å². The summed E-state index contributed by atoms with van der Waals surface area (Å²) in [6, 6.07) is 7.32. The summed E-state index contributed by atoms with van der Waals surface area (Å²) in [4.78, 5) is 13.7. The number of carbonyl (C=O) groups is 1. The third-order valence-corrected chi connectivity index (χ3v) is 2.97. The van der Waals surface area contributed by atoms with E-state index < -0.39 is 6.10 Å². The van der Waals surface area contributed by atoms with Gasteiger partial charge in [0.15, 0.2) is 0 Å². The van der Waals surface area contributed by atoms with Crippen LogP contribution in [0.3, 0.4) is 0 Å². The molecule has 0 radical (unpaired) electrons. The normalized spacial score (nSPS) is 12.5. The number of rotatable bonds is 8. The molecule has 0 aliphatic heterocycles. The zero-order valence-corrected chi connectivity index (χ0v) is 13.2. The Morgan fingerprint density at radius 1 is 1.29 bits per heavy atom. The van der Waals surface area contributed by atoms with Crippen molar-refractivity contribution in [3.63, 3.8) is 0 Å². The molecule has 0 aliphatic carbocycles. The number of aliphatic hydroxyl groups excluding tert-OH is 1. The first kappa shape index (κ1) is 17.6. The van der Waals surface area contributed by atoms with Crippen LogP contribution in [-0.4, -0.2) is 55.4 Å². The zero-order valence-electron chi connectivity index (χ0n) is 13.2. The van der Waals surface area contributed by atoms with Crippen molar-refractivity contribution >= 4 is 5.91 Å². The van der Waals surface area contributed by atoms with Gasteiger partial charge in [0.1, 0.15) is 0 Å². The van der Waals surface area contributed by atoms with E-state index in [1.807, 2.05) is 26.0 Å². The Hall–Kier alpha value is -1.43. The standard InChI is InChI=1S/C16H25NO4/c1-12(2)21-10-13-5-7-14(8-6-13)16(19)17(3)9-15(18)11-20-4/h5-8,12,15,18H,9-11H2,1-4H3. The number of carbonyl (C=O) groups excluding carboxylic acids is 1. The first-order chi connectivity index (χ1) is 9.93. The fourth-order valence-corrected chi connectivity index (χ4v) is 1.87. The molecule has 118 valence electrons. The number of hydrogen-bond acceptors (Lipinski definition) is 4. The second kappa shape index (κ2) is 8.77. The highest BCUT2D eigenvalue weighted by Gasteiger charge is 2.15. The average Bonchev–Trinajstić information content (AvgIpc) is 2.45. The highest BCUT2D eigenvalue weighted by molar-refractivity contribution is 5.94. The van der Waals surface area contributed by atoms with E-state index in [-0.39, 0.29) is 25.2 Å². The summed E-state index contributed by atoms with van der Waals surface area (Å²) in [5, 5.41) is 9.65. The van der Waals surface area contributed by atoms with E-state index in [1.165, 1.54) is 12.0 Å².